The number of aromatic nitrogens is 5. The van der Waals surface area contributed by atoms with Crippen molar-refractivity contribution in [3.05, 3.63) is 71.9 Å². The Morgan fingerprint density at radius 2 is 1.97 bits per heavy atom. The summed E-state index contributed by atoms with van der Waals surface area (Å²) in [6.45, 7) is 2.13. The van der Waals surface area contributed by atoms with Gasteiger partial charge >= 0.3 is 0 Å². The summed E-state index contributed by atoms with van der Waals surface area (Å²) in [7, 11) is 1.84. The summed E-state index contributed by atoms with van der Waals surface area (Å²) in [5.74, 6) is 1.38. The van der Waals surface area contributed by atoms with E-state index in [-0.39, 0.29) is 5.92 Å². The molecule has 31 heavy (non-hydrogen) atoms. The lowest BCUT2D eigenvalue weighted by molar-refractivity contribution is -0.412. The van der Waals surface area contributed by atoms with Crippen molar-refractivity contribution in [2.24, 2.45) is 5.73 Å². The van der Waals surface area contributed by atoms with Gasteiger partial charge in [0.05, 0.1) is 22.8 Å². The second-order valence-electron chi connectivity index (χ2n) is 7.39. The van der Waals surface area contributed by atoms with E-state index in [9.17, 15) is 0 Å². The number of anilines is 2. The van der Waals surface area contributed by atoms with Gasteiger partial charge in [-0.15, -0.1) is 5.10 Å². The molecule has 5 heterocycles. The lowest BCUT2D eigenvalue weighted by Gasteiger charge is -2.18. The molecule has 0 fully saturated rings. The van der Waals surface area contributed by atoms with Crippen molar-refractivity contribution < 1.29 is 4.99 Å². The highest BCUT2D eigenvalue weighted by Crippen LogP contribution is 2.36. The van der Waals surface area contributed by atoms with Crippen LogP contribution < -0.4 is 16.0 Å². The number of pyridine rings is 3. The average Bonchev–Trinajstić information content (AvgIpc) is 2.81. The predicted octanol–water partition coefficient (Wildman–Crippen LogP) is 1.77. The van der Waals surface area contributed by atoms with Crippen LogP contribution in [0, 0.1) is 0 Å². The molecule has 0 aliphatic carbocycles. The topological polar surface area (TPSA) is 116 Å². The Morgan fingerprint density at radius 1 is 1.10 bits per heavy atom. The Balaban J connectivity index is 1.89. The summed E-state index contributed by atoms with van der Waals surface area (Å²) < 4.78 is 0. The zero-order valence-corrected chi connectivity index (χ0v) is 17.2. The van der Waals surface area contributed by atoms with Crippen LogP contribution in [0.1, 0.15) is 29.5 Å². The molecule has 1 aliphatic heterocycles. The molecular weight excluding hydrogens is 388 g/mol. The number of hydrogen-bond donors (Lipinski definition) is 3. The molecule has 6 bridgehead atoms. The predicted molar refractivity (Wildman–Crippen MR) is 121 cm³/mol. The largest absolute Gasteiger partial charge is 0.404 e. The molecule has 4 N–H and O–H groups in total. The van der Waals surface area contributed by atoms with Crippen molar-refractivity contribution in [2.75, 3.05) is 12.4 Å². The van der Waals surface area contributed by atoms with Gasteiger partial charge < -0.3 is 11.1 Å². The SMILES string of the molecule is C[NH+]=CC(=CN)c1cnc2ccc3nc2c1-c1cncc(c1)C(C)c1cnnc(c1)N3. The summed E-state index contributed by atoms with van der Waals surface area (Å²) >= 11 is 0. The van der Waals surface area contributed by atoms with Crippen LogP contribution in [0.15, 0.2) is 55.3 Å². The standard InChI is InChI=1S/C23H20N8/c1-13-14-5-16(10-26-9-14)22-18(17(7-24)8-25-2)12-27-19-3-4-20(30-23(19)22)29-21-6-15(13)11-28-31-21/h3-13H,24H2,1-2H3,(H,29,30,31)/p+1. The molecule has 5 rings (SSSR count). The van der Waals surface area contributed by atoms with E-state index in [4.69, 9.17) is 10.7 Å². The van der Waals surface area contributed by atoms with Crippen LogP contribution in [0.4, 0.5) is 11.6 Å². The van der Waals surface area contributed by atoms with E-state index in [0.29, 0.717) is 11.6 Å². The van der Waals surface area contributed by atoms with Gasteiger partial charge in [0, 0.05) is 47.4 Å². The van der Waals surface area contributed by atoms with Gasteiger partial charge in [-0.2, -0.15) is 5.10 Å². The van der Waals surface area contributed by atoms with Crippen molar-refractivity contribution in [3.8, 4) is 11.1 Å². The molecule has 1 aliphatic rings. The molecule has 0 saturated heterocycles. The highest BCUT2D eigenvalue weighted by Gasteiger charge is 2.20. The third-order valence-corrected chi connectivity index (χ3v) is 5.48. The molecule has 1 atom stereocenters. The lowest BCUT2D eigenvalue weighted by atomic mass is 9.91. The van der Waals surface area contributed by atoms with E-state index in [1.807, 2.05) is 50.1 Å². The van der Waals surface area contributed by atoms with Crippen molar-refractivity contribution >= 4 is 34.5 Å². The third kappa shape index (κ3) is 3.28. The van der Waals surface area contributed by atoms with Gasteiger partial charge in [-0.3, -0.25) is 15.0 Å². The molecule has 1 unspecified atom stereocenters. The van der Waals surface area contributed by atoms with Gasteiger partial charge in [0.1, 0.15) is 12.9 Å². The Bertz CT molecular complexity index is 1360. The minimum absolute atomic E-state index is 0.0865. The van der Waals surface area contributed by atoms with E-state index in [1.54, 1.807) is 12.4 Å². The van der Waals surface area contributed by atoms with Gasteiger partial charge in [-0.25, -0.2) is 4.98 Å². The molecule has 0 aromatic carbocycles. The summed E-state index contributed by atoms with van der Waals surface area (Å²) in [6.07, 6.45) is 10.8. The monoisotopic (exact) mass is 409 g/mol. The summed E-state index contributed by atoms with van der Waals surface area (Å²) in [4.78, 5) is 17.1. The van der Waals surface area contributed by atoms with Gasteiger partial charge in [0.15, 0.2) is 12.0 Å². The maximum absolute atomic E-state index is 5.96. The maximum Gasteiger partial charge on any atom is 0.170 e. The van der Waals surface area contributed by atoms with E-state index in [0.717, 1.165) is 44.4 Å². The van der Waals surface area contributed by atoms with E-state index in [2.05, 4.69) is 43.5 Å². The third-order valence-electron chi connectivity index (χ3n) is 5.48. The van der Waals surface area contributed by atoms with Crippen LogP contribution in [0.3, 0.4) is 0 Å². The first-order valence-electron chi connectivity index (χ1n) is 9.95. The van der Waals surface area contributed by atoms with Crippen LogP contribution in [0.2, 0.25) is 0 Å². The molecule has 0 spiro atoms. The first kappa shape index (κ1) is 18.8. The molecule has 4 aromatic rings. The molecule has 8 heteroatoms. The van der Waals surface area contributed by atoms with Gasteiger partial charge in [-0.1, -0.05) is 6.92 Å². The zero-order chi connectivity index (χ0) is 21.4. The van der Waals surface area contributed by atoms with Crippen molar-refractivity contribution in [1.29, 1.82) is 0 Å². The van der Waals surface area contributed by atoms with Gasteiger partial charge in [0.25, 0.3) is 0 Å². The lowest BCUT2D eigenvalue weighted by Crippen LogP contribution is -2.63. The highest BCUT2D eigenvalue weighted by molar-refractivity contribution is 6.12. The number of nitrogens with zero attached hydrogens (tertiary/aromatic N) is 5. The van der Waals surface area contributed by atoms with Crippen molar-refractivity contribution in [2.45, 2.75) is 12.8 Å². The minimum Gasteiger partial charge on any atom is -0.404 e. The number of nitrogens with two attached hydrogens (primary N) is 1. The number of fused-ring (bicyclic) bond motifs is 6. The Kier molecular flexibility index (Phi) is 4.59. The molecule has 152 valence electrons. The molecule has 8 nitrogen and oxygen atoms in total. The Labute approximate surface area is 179 Å². The second kappa shape index (κ2) is 7.56. The van der Waals surface area contributed by atoms with Crippen molar-refractivity contribution in [1.82, 2.24) is 25.1 Å². The zero-order valence-electron chi connectivity index (χ0n) is 17.2. The Morgan fingerprint density at radius 3 is 2.81 bits per heavy atom. The van der Waals surface area contributed by atoms with Gasteiger partial charge in [0.2, 0.25) is 0 Å². The summed E-state index contributed by atoms with van der Waals surface area (Å²) in [5, 5.41) is 11.7. The first-order chi connectivity index (χ1) is 15.2. The van der Waals surface area contributed by atoms with Crippen LogP contribution in [-0.2, 0) is 0 Å². The fraction of sp³-hybridized carbons (Fsp3) is 0.130. The molecular formula is C23H21N8+. The van der Waals surface area contributed by atoms with E-state index < -0.39 is 0 Å². The minimum atomic E-state index is 0.0865. The van der Waals surface area contributed by atoms with Gasteiger partial charge in [-0.05, 0) is 35.4 Å². The number of hydrogen-bond acceptors (Lipinski definition) is 7. The van der Waals surface area contributed by atoms with E-state index in [1.165, 1.54) is 0 Å². The average molecular weight is 409 g/mol. The molecule has 0 radical (unpaired) electrons. The molecule has 0 saturated carbocycles. The van der Waals surface area contributed by atoms with Crippen LogP contribution in [-0.4, -0.2) is 38.4 Å². The molecule has 4 aromatic heterocycles. The quantitative estimate of drug-likeness (QED) is 0.432. The summed E-state index contributed by atoms with van der Waals surface area (Å²) in [5.41, 5.74) is 13.2. The fourth-order valence-corrected chi connectivity index (χ4v) is 3.85. The smallest absolute Gasteiger partial charge is 0.170 e. The fourth-order valence-electron chi connectivity index (χ4n) is 3.85. The normalized spacial score (nSPS) is 15.5. The first-order valence-corrected chi connectivity index (χ1v) is 9.95. The van der Waals surface area contributed by atoms with E-state index >= 15 is 0 Å². The Hall–Kier alpha value is -4.20. The molecule has 0 amide bonds. The summed E-state index contributed by atoms with van der Waals surface area (Å²) in [6, 6.07) is 7.96. The maximum atomic E-state index is 5.96. The number of allylic oxidation sites excluding steroid dienone is 1. The van der Waals surface area contributed by atoms with Crippen LogP contribution >= 0.6 is 0 Å². The number of nitrogens with one attached hydrogen (secondary N) is 2. The van der Waals surface area contributed by atoms with Crippen LogP contribution in [0.5, 0.6) is 0 Å². The highest BCUT2D eigenvalue weighted by atomic mass is 15.2. The number of rotatable bonds is 2. The van der Waals surface area contributed by atoms with Crippen LogP contribution in [0.25, 0.3) is 27.7 Å². The van der Waals surface area contributed by atoms with Crippen molar-refractivity contribution in [3.63, 3.8) is 0 Å². The second-order valence-corrected chi connectivity index (χ2v) is 7.39.